The fourth-order valence-electron chi connectivity index (χ4n) is 1.70. The van der Waals surface area contributed by atoms with Gasteiger partial charge in [-0.1, -0.05) is 0 Å². The molecule has 1 aliphatic rings. The van der Waals surface area contributed by atoms with Gasteiger partial charge in [-0.2, -0.15) is 4.98 Å². The summed E-state index contributed by atoms with van der Waals surface area (Å²) in [6, 6.07) is 2.98. The van der Waals surface area contributed by atoms with Gasteiger partial charge in [-0.15, -0.1) is 5.10 Å². The van der Waals surface area contributed by atoms with E-state index in [0.717, 1.165) is 17.9 Å². The van der Waals surface area contributed by atoms with Gasteiger partial charge in [-0.05, 0) is 18.9 Å². The lowest BCUT2D eigenvalue weighted by molar-refractivity contribution is 0.276. The average molecular weight is 248 g/mol. The molecule has 6 heteroatoms. The zero-order chi connectivity index (χ0) is 12.4. The Kier molecular flexibility index (Phi) is 3.02. The highest BCUT2D eigenvalue weighted by Crippen LogP contribution is 2.20. The van der Waals surface area contributed by atoms with Crippen LogP contribution in [0.5, 0.6) is 6.01 Å². The topological polar surface area (TPSA) is 65.1 Å². The fraction of sp³-hybridized carbons (Fsp3) is 0.500. The van der Waals surface area contributed by atoms with Crippen molar-refractivity contribution in [2.75, 3.05) is 0 Å². The van der Waals surface area contributed by atoms with Gasteiger partial charge in [0.25, 0.3) is 0 Å². The molecule has 18 heavy (non-hydrogen) atoms. The second-order valence-electron chi connectivity index (χ2n) is 4.51. The molecule has 96 valence electrons. The van der Waals surface area contributed by atoms with E-state index in [0.29, 0.717) is 18.7 Å². The smallest absolute Gasteiger partial charge is 0.335 e. The molecule has 2 aromatic rings. The van der Waals surface area contributed by atoms with Crippen molar-refractivity contribution in [3.63, 3.8) is 0 Å². The number of ether oxygens (including phenoxy) is 1. The van der Waals surface area contributed by atoms with Crippen molar-refractivity contribution >= 4 is 0 Å². The second kappa shape index (κ2) is 4.81. The summed E-state index contributed by atoms with van der Waals surface area (Å²) < 4.78 is 12.6. The molecule has 1 fully saturated rings. The number of rotatable bonds is 6. The summed E-state index contributed by atoms with van der Waals surface area (Å²) in [5, 5.41) is 7.48. The minimum Gasteiger partial charge on any atom is -0.468 e. The molecule has 0 bridgehead atoms. The molecule has 0 saturated heterocycles. The maximum Gasteiger partial charge on any atom is 0.335 e. The van der Waals surface area contributed by atoms with E-state index in [1.54, 1.807) is 17.3 Å². The van der Waals surface area contributed by atoms with E-state index in [1.807, 2.05) is 13.1 Å². The third kappa shape index (κ3) is 2.70. The predicted octanol–water partition coefficient (Wildman–Crippen LogP) is 1.24. The van der Waals surface area contributed by atoms with Crippen LogP contribution in [0.4, 0.5) is 0 Å². The summed E-state index contributed by atoms with van der Waals surface area (Å²) in [5.74, 6) is 0.929. The molecule has 0 spiro atoms. The molecule has 3 rings (SSSR count). The highest BCUT2D eigenvalue weighted by Gasteiger charge is 2.21. The Morgan fingerprint density at radius 3 is 3.17 bits per heavy atom. The van der Waals surface area contributed by atoms with E-state index < -0.39 is 0 Å². The fourth-order valence-corrected chi connectivity index (χ4v) is 1.70. The SMILES string of the molecule is Cn1cnc(OCc2ccoc2CNC2CC2)n1. The van der Waals surface area contributed by atoms with Crippen LogP contribution in [0.25, 0.3) is 0 Å². The zero-order valence-electron chi connectivity index (χ0n) is 10.3. The first-order valence-corrected chi connectivity index (χ1v) is 6.08. The summed E-state index contributed by atoms with van der Waals surface area (Å²) in [4.78, 5) is 4.01. The van der Waals surface area contributed by atoms with Crippen LogP contribution in [0.1, 0.15) is 24.2 Å². The third-order valence-corrected chi connectivity index (χ3v) is 2.90. The summed E-state index contributed by atoms with van der Waals surface area (Å²) in [6.07, 6.45) is 5.84. The Labute approximate surface area is 105 Å². The van der Waals surface area contributed by atoms with Gasteiger partial charge in [-0.3, -0.25) is 4.68 Å². The van der Waals surface area contributed by atoms with Gasteiger partial charge in [0.1, 0.15) is 18.7 Å². The number of hydrogen-bond donors (Lipinski definition) is 1. The molecular formula is C12H16N4O2. The van der Waals surface area contributed by atoms with E-state index in [-0.39, 0.29) is 0 Å². The lowest BCUT2D eigenvalue weighted by atomic mass is 10.2. The first-order chi connectivity index (χ1) is 8.81. The Hall–Kier alpha value is -1.82. The molecule has 0 radical (unpaired) electrons. The Bertz CT molecular complexity index is 516. The van der Waals surface area contributed by atoms with E-state index in [2.05, 4.69) is 15.4 Å². The van der Waals surface area contributed by atoms with Crippen LogP contribution in [0.15, 0.2) is 23.1 Å². The molecule has 0 amide bonds. The molecule has 1 saturated carbocycles. The zero-order valence-corrected chi connectivity index (χ0v) is 10.3. The van der Waals surface area contributed by atoms with Crippen LogP contribution in [-0.4, -0.2) is 20.8 Å². The minimum atomic E-state index is 0.389. The number of nitrogens with one attached hydrogen (secondary N) is 1. The van der Waals surface area contributed by atoms with Gasteiger partial charge in [0, 0.05) is 18.7 Å². The molecule has 0 atom stereocenters. The predicted molar refractivity (Wildman–Crippen MR) is 63.9 cm³/mol. The van der Waals surface area contributed by atoms with Gasteiger partial charge < -0.3 is 14.5 Å². The molecule has 1 N–H and O–H groups in total. The van der Waals surface area contributed by atoms with Crippen LogP contribution < -0.4 is 10.1 Å². The first-order valence-electron chi connectivity index (χ1n) is 6.08. The summed E-state index contributed by atoms with van der Waals surface area (Å²) >= 11 is 0. The van der Waals surface area contributed by atoms with Gasteiger partial charge in [0.2, 0.25) is 0 Å². The summed E-state index contributed by atoms with van der Waals surface area (Å²) in [6.45, 7) is 1.19. The van der Waals surface area contributed by atoms with Crippen molar-refractivity contribution in [1.29, 1.82) is 0 Å². The largest absolute Gasteiger partial charge is 0.468 e. The Balaban J connectivity index is 1.56. The molecule has 0 aromatic carbocycles. The van der Waals surface area contributed by atoms with E-state index in [1.165, 1.54) is 12.8 Å². The lowest BCUT2D eigenvalue weighted by Gasteiger charge is -2.04. The molecule has 0 unspecified atom stereocenters. The van der Waals surface area contributed by atoms with Crippen molar-refractivity contribution < 1.29 is 9.15 Å². The monoisotopic (exact) mass is 248 g/mol. The molecule has 6 nitrogen and oxygen atoms in total. The van der Waals surface area contributed by atoms with E-state index in [9.17, 15) is 0 Å². The number of hydrogen-bond acceptors (Lipinski definition) is 5. The first kappa shape index (κ1) is 11.3. The van der Waals surface area contributed by atoms with Crippen molar-refractivity contribution in [3.05, 3.63) is 30.0 Å². The number of aryl methyl sites for hydroxylation is 1. The van der Waals surface area contributed by atoms with Crippen LogP contribution in [-0.2, 0) is 20.2 Å². The molecular weight excluding hydrogens is 232 g/mol. The molecule has 2 heterocycles. The number of nitrogens with zero attached hydrogens (tertiary/aromatic N) is 3. The molecule has 0 aliphatic heterocycles. The van der Waals surface area contributed by atoms with Crippen molar-refractivity contribution in [1.82, 2.24) is 20.1 Å². The van der Waals surface area contributed by atoms with Crippen molar-refractivity contribution in [2.24, 2.45) is 7.05 Å². The maximum atomic E-state index is 5.50. The van der Waals surface area contributed by atoms with Crippen molar-refractivity contribution in [2.45, 2.75) is 32.0 Å². The average Bonchev–Trinajstić information content (AvgIpc) is 2.93. The lowest BCUT2D eigenvalue weighted by Crippen LogP contribution is -2.16. The highest BCUT2D eigenvalue weighted by molar-refractivity contribution is 5.16. The Morgan fingerprint density at radius 2 is 2.44 bits per heavy atom. The number of aromatic nitrogens is 3. The molecule has 2 aromatic heterocycles. The molecule has 1 aliphatic carbocycles. The van der Waals surface area contributed by atoms with Crippen LogP contribution in [0, 0.1) is 0 Å². The van der Waals surface area contributed by atoms with Crippen LogP contribution in [0.3, 0.4) is 0 Å². The van der Waals surface area contributed by atoms with E-state index >= 15 is 0 Å². The quantitative estimate of drug-likeness (QED) is 0.833. The number of furan rings is 1. The Morgan fingerprint density at radius 1 is 1.56 bits per heavy atom. The van der Waals surface area contributed by atoms with Gasteiger partial charge in [0.05, 0.1) is 12.8 Å². The van der Waals surface area contributed by atoms with Gasteiger partial charge in [0.15, 0.2) is 0 Å². The second-order valence-corrected chi connectivity index (χ2v) is 4.51. The summed E-state index contributed by atoms with van der Waals surface area (Å²) in [7, 11) is 1.81. The minimum absolute atomic E-state index is 0.389. The van der Waals surface area contributed by atoms with Gasteiger partial charge in [-0.25, -0.2) is 0 Å². The van der Waals surface area contributed by atoms with Crippen LogP contribution >= 0.6 is 0 Å². The van der Waals surface area contributed by atoms with Crippen molar-refractivity contribution in [3.8, 4) is 6.01 Å². The maximum absolute atomic E-state index is 5.50. The normalized spacial score (nSPS) is 14.9. The van der Waals surface area contributed by atoms with Gasteiger partial charge >= 0.3 is 6.01 Å². The standard InChI is InChI=1S/C12H16N4O2/c1-16-8-14-12(15-16)18-7-9-4-5-17-11(9)6-13-10-2-3-10/h4-5,8,10,13H,2-3,6-7H2,1H3. The van der Waals surface area contributed by atoms with Crippen LogP contribution in [0.2, 0.25) is 0 Å². The van der Waals surface area contributed by atoms with E-state index in [4.69, 9.17) is 9.15 Å². The highest BCUT2D eigenvalue weighted by atomic mass is 16.5. The summed E-state index contributed by atoms with van der Waals surface area (Å²) in [5.41, 5.74) is 1.04. The third-order valence-electron chi connectivity index (χ3n) is 2.90.